The van der Waals surface area contributed by atoms with Crippen molar-refractivity contribution in [3.63, 3.8) is 0 Å². The van der Waals surface area contributed by atoms with Gasteiger partial charge in [0, 0.05) is 9.35 Å². The first-order valence-electron chi connectivity index (χ1n) is 4.48. The van der Waals surface area contributed by atoms with Gasteiger partial charge < -0.3 is 9.84 Å². The molecule has 0 radical (unpaired) electrons. The zero-order valence-electron chi connectivity index (χ0n) is 8.55. The molecule has 17 heavy (non-hydrogen) atoms. The lowest BCUT2D eigenvalue weighted by molar-refractivity contribution is -0.188. The maximum atomic E-state index is 13.5. The van der Waals surface area contributed by atoms with E-state index in [0.29, 0.717) is 8.26 Å². The molecule has 0 fully saturated rings. The molecule has 1 rings (SSSR count). The molecule has 0 amide bonds. The van der Waals surface area contributed by atoms with Crippen molar-refractivity contribution in [1.82, 2.24) is 0 Å². The van der Waals surface area contributed by atoms with Crippen molar-refractivity contribution in [3.05, 3.63) is 19.2 Å². The summed E-state index contributed by atoms with van der Waals surface area (Å²) in [5.41, 5.74) is 0. The lowest BCUT2D eigenvalue weighted by Gasteiger charge is -2.19. The summed E-state index contributed by atoms with van der Waals surface area (Å²) in [5, 5.41) is 9.50. The summed E-state index contributed by atoms with van der Waals surface area (Å²) in [6, 6.07) is 1.33. The number of esters is 1. The van der Waals surface area contributed by atoms with Gasteiger partial charge in [-0.3, -0.25) is 0 Å². The van der Waals surface area contributed by atoms with Gasteiger partial charge in [0.1, 0.15) is 0 Å². The van der Waals surface area contributed by atoms with Crippen LogP contribution in [-0.4, -0.2) is 23.6 Å². The van der Waals surface area contributed by atoms with Crippen LogP contribution < -0.4 is 0 Å². The molecule has 3 nitrogen and oxygen atoms in total. The number of alkyl halides is 2. The molecule has 1 N–H and O–H groups in total. The summed E-state index contributed by atoms with van der Waals surface area (Å²) in [4.78, 5) is 11.0. The average Bonchev–Trinajstić information content (AvgIpc) is 2.58. The number of ether oxygens (including phenoxy) is 1. The van der Waals surface area contributed by atoms with Crippen molar-refractivity contribution in [3.8, 4) is 0 Å². The Morgan fingerprint density at radius 3 is 2.65 bits per heavy atom. The molecule has 0 spiro atoms. The highest BCUT2D eigenvalue weighted by Crippen LogP contribution is 2.41. The molecule has 1 heterocycles. The van der Waals surface area contributed by atoms with Crippen LogP contribution >= 0.6 is 43.2 Å². The minimum absolute atomic E-state index is 0.0261. The third-order valence-electron chi connectivity index (χ3n) is 1.82. The number of carbonyl (C=O) groups excluding carboxylic acids is 1. The topological polar surface area (TPSA) is 46.5 Å². The van der Waals surface area contributed by atoms with Gasteiger partial charge in [0.05, 0.1) is 10.4 Å². The monoisotopic (exact) mass is 392 g/mol. The average molecular weight is 394 g/mol. The minimum Gasteiger partial charge on any atom is -0.461 e. The summed E-state index contributed by atoms with van der Waals surface area (Å²) in [5.74, 6) is -5.69. The molecule has 1 unspecified atom stereocenters. The molecule has 96 valence electrons. The maximum absolute atomic E-state index is 13.5. The molecular weight excluding hydrogens is 386 g/mol. The first-order valence-corrected chi connectivity index (χ1v) is 6.88. The van der Waals surface area contributed by atoms with E-state index in [-0.39, 0.29) is 11.5 Å². The Morgan fingerprint density at radius 1 is 1.65 bits per heavy atom. The fraction of sp³-hybridized carbons (Fsp3) is 0.444. The Balaban J connectivity index is 2.95. The molecular formula is C9H8Br2F2O3S. The minimum atomic E-state index is -3.96. The number of aliphatic hydroxyl groups excluding tert-OH is 1. The summed E-state index contributed by atoms with van der Waals surface area (Å²) >= 11 is 7.15. The van der Waals surface area contributed by atoms with Crippen LogP contribution in [0.2, 0.25) is 0 Å². The van der Waals surface area contributed by atoms with Gasteiger partial charge in [-0.15, -0.1) is 11.3 Å². The third kappa shape index (κ3) is 3.24. The largest absolute Gasteiger partial charge is 0.461 e. The zero-order chi connectivity index (χ0) is 13.2. The fourth-order valence-electron chi connectivity index (χ4n) is 1.02. The van der Waals surface area contributed by atoms with Crippen molar-refractivity contribution in [2.75, 3.05) is 6.61 Å². The van der Waals surface area contributed by atoms with Gasteiger partial charge in [0.25, 0.3) is 0 Å². The first-order chi connectivity index (χ1) is 7.80. The lowest BCUT2D eigenvalue weighted by Crippen LogP contribution is -2.37. The molecule has 0 bridgehead atoms. The molecule has 0 saturated carbocycles. The lowest BCUT2D eigenvalue weighted by atomic mass is 10.1. The van der Waals surface area contributed by atoms with Gasteiger partial charge in [-0.1, -0.05) is 0 Å². The van der Waals surface area contributed by atoms with Crippen LogP contribution in [0, 0.1) is 0 Å². The summed E-state index contributed by atoms with van der Waals surface area (Å²) in [6.45, 7) is 1.25. The number of thiophene rings is 1. The SMILES string of the molecule is CCOC(=O)C(F)(F)C(O)c1cc(Br)c(Br)s1. The molecule has 0 aromatic carbocycles. The van der Waals surface area contributed by atoms with E-state index in [9.17, 15) is 18.7 Å². The summed E-state index contributed by atoms with van der Waals surface area (Å²) in [7, 11) is 0. The molecule has 1 aromatic rings. The maximum Gasteiger partial charge on any atom is 0.380 e. The Hall–Kier alpha value is -0.0500. The van der Waals surface area contributed by atoms with E-state index in [2.05, 4.69) is 36.6 Å². The second kappa shape index (κ2) is 5.73. The van der Waals surface area contributed by atoms with Crippen LogP contribution in [0.4, 0.5) is 8.78 Å². The predicted octanol–water partition coefficient (Wildman–Crippen LogP) is 3.50. The third-order valence-corrected chi connectivity index (χ3v) is 5.13. The van der Waals surface area contributed by atoms with E-state index >= 15 is 0 Å². The Bertz CT molecular complexity index is 403. The van der Waals surface area contributed by atoms with Crippen LogP contribution in [0.3, 0.4) is 0 Å². The molecule has 1 aromatic heterocycles. The Kier molecular flexibility index (Phi) is 5.06. The van der Waals surface area contributed by atoms with E-state index in [1.54, 1.807) is 0 Å². The van der Waals surface area contributed by atoms with E-state index in [1.807, 2.05) is 0 Å². The predicted molar refractivity (Wildman–Crippen MR) is 66.3 cm³/mol. The Morgan fingerprint density at radius 2 is 2.24 bits per heavy atom. The standard InChI is InChI=1S/C9H8Br2F2O3S/c1-2-16-8(15)9(12,13)6(14)5-3-4(10)7(11)17-5/h3,6,14H,2H2,1H3. The van der Waals surface area contributed by atoms with Gasteiger partial charge in [0.15, 0.2) is 6.10 Å². The van der Waals surface area contributed by atoms with Crippen molar-refractivity contribution in [1.29, 1.82) is 0 Å². The fourth-order valence-corrected chi connectivity index (χ4v) is 3.13. The Labute approximate surface area is 117 Å². The second-order valence-electron chi connectivity index (χ2n) is 3.02. The molecule has 1 atom stereocenters. The van der Waals surface area contributed by atoms with E-state index < -0.39 is 18.0 Å². The molecule has 0 saturated heterocycles. The van der Waals surface area contributed by atoms with Gasteiger partial charge in [-0.25, -0.2) is 4.79 Å². The van der Waals surface area contributed by atoms with E-state index in [4.69, 9.17) is 0 Å². The summed E-state index contributed by atoms with van der Waals surface area (Å²) in [6.07, 6.45) is -2.21. The van der Waals surface area contributed by atoms with Crippen LogP contribution in [0.25, 0.3) is 0 Å². The number of aliphatic hydroxyl groups is 1. The number of carbonyl (C=O) groups is 1. The number of hydrogen-bond acceptors (Lipinski definition) is 4. The molecule has 8 heteroatoms. The highest BCUT2D eigenvalue weighted by atomic mass is 79.9. The normalized spacial score (nSPS) is 13.5. The van der Waals surface area contributed by atoms with Crippen molar-refractivity contribution in [2.24, 2.45) is 0 Å². The van der Waals surface area contributed by atoms with Crippen LogP contribution in [-0.2, 0) is 9.53 Å². The van der Waals surface area contributed by atoms with Crippen molar-refractivity contribution >= 4 is 49.2 Å². The van der Waals surface area contributed by atoms with Crippen LogP contribution in [0.5, 0.6) is 0 Å². The van der Waals surface area contributed by atoms with Crippen molar-refractivity contribution in [2.45, 2.75) is 19.0 Å². The first kappa shape index (κ1) is 15.0. The highest BCUT2D eigenvalue weighted by molar-refractivity contribution is 9.13. The smallest absolute Gasteiger partial charge is 0.380 e. The number of hydrogen-bond donors (Lipinski definition) is 1. The van der Waals surface area contributed by atoms with Crippen LogP contribution in [0.1, 0.15) is 17.9 Å². The van der Waals surface area contributed by atoms with Gasteiger partial charge in [-0.05, 0) is 44.8 Å². The van der Waals surface area contributed by atoms with E-state index in [0.717, 1.165) is 11.3 Å². The number of halogens is 4. The molecule has 0 aliphatic carbocycles. The second-order valence-corrected chi connectivity index (χ2v) is 6.27. The number of rotatable bonds is 4. The van der Waals surface area contributed by atoms with Crippen LogP contribution in [0.15, 0.2) is 14.3 Å². The quantitative estimate of drug-likeness (QED) is 0.796. The van der Waals surface area contributed by atoms with Gasteiger partial charge in [0.2, 0.25) is 0 Å². The highest BCUT2D eigenvalue weighted by Gasteiger charge is 2.49. The summed E-state index contributed by atoms with van der Waals surface area (Å²) < 4.78 is 32.3. The zero-order valence-corrected chi connectivity index (χ0v) is 12.5. The van der Waals surface area contributed by atoms with Gasteiger partial charge in [-0.2, -0.15) is 8.78 Å². The molecule has 0 aliphatic heterocycles. The van der Waals surface area contributed by atoms with Crippen molar-refractivity contribution < 1.29 is 23.4 Å². The van der Waals surface area contributed by atoms with E-state index in [1.165, 1.54) is 13.0 Å². The van der Waals surface area contributed by atoms with Gasteiger partial charge >= 0.3 is 11.9 Å². The molecule has 0 aliphatic rings.